The highest BCUT2D eigenvalue weighted by Gasteiger charge is 2.28. The number of amides is 1. The fraction of sp³-hybridized carbons (Fsp3) is 0.844. The molecule has 5 N–H and O–H groups in total. The van der Waals surface area contributed by atoms with Crippen LogP contribution in [0, 0.1) is 0 Å². The predicted octanol–water partition coefficient (Wildman–Crippen LogP) is 11.3. The Morgan fingerprint density at radius 1 is 0.490 bits per heavy atom. The second-order valence-corrected chi connectivity index (χ2v) is 15.0. The minimum absolute atomic E-state index is 0.359. The summed E-state index contributed by atoms with van der Waals surface area (Å²) in [6.07, 6.45) is 46.3. The number of allylic oxidation sites excluding steroid dienone is 6. The summed E-state index contributed by atoms with van der Waals surface area (Å²) in [6.45, 7) is 3.99. The van der Waals surface area contributed by atoms with E-state index in [0.717, 1.165) is 38.5 Å². The fourth-order valence-corrected chi connectivity index (χ4v) is 6.55. The molecule has 0 aromatic carbocycles. The number of unbranched alkanes of at least 4 members (excludes halogenated alkanes) is 24. The van der Waals surface area contributed by atoms with Gasteiger partial charge in [-0.05, 0) is 70.6 Å². The van der Waals surface area contributed by atoms with Crippen LogP contribution in [-0.4, -0.2) is 57.3 Å². The molecule has 0 bridgehead atoms. The van der Waals surface area contributed by atoms with Gasteiger partial charge in [-0.1, -0.05) is 179 Å². The molecule has 0 saturated carbocycles. The van der Waals surface area contributed by atoms with E-state index in [4.69, 9.17) is 0 Å². The third-order valence-electron chi connectivity index (χ3n) is 10.1. The number of nitrogens with one attached hydrogen (secondary N) is 1. The van der Waals surface area contributed by atoms with Gasteiger partial charge in [0.15, 0.2) is 0 Å². The second kappa shape index (κ2) is 39.7. The summed E-state index contributed by atoms with van der Waals surface area (Å²) in [6, 6.07) is -1.00. The van der Waals surface area contributed by atoms with Crippen molar-refractivity contribution in [2.45, 2.75) is 237 Å². The molecule has 0 aromatic rings. The van der Waals surface area contributed by atoms with Gasteiger partial charge in [-0.15, -0.1) is 0 Å². The van der Waals surface area contributed by atoms with Crippen LogP contribution in [0.2, 0.25) is 0 Å². The van der Waals surface area contributed by atoms with Crippen molar-refractivity contribution in [2.24, 2.45) is 0 Å². The van der Waals surface area contributed by atoms with Crippen LogP contribution >= 0.6 is 0 Å². The van der Waals surface area contributed by atoms with Gasteiger partial charge in [-0.2, -0.15) is 0 Å². The Hall–Kier alpha value is -1.47. The fourth-order valence-electron chi connectivity index (χ4n) is 6.55. The van der Waals surface area contributed by atoms with E-state index in [1.165, 1.54) is 141 Å². The summed E-state index contributed by atoms with van der Waals surface area (Å²) in [5, 5.41) is 43.4. The van der Waals surface area contributed by atoms with Gasteiger partial charge in [-0.3, -0.25) is 4.79 Å². The molecular weight excluding hydrogens is 634 g/mol. The van der Waals surface area contributed by atoms with Crippen molar-refractivity contribution in [3.63, 3.8) is 0 Å². The zero-order valence-corrected chi connectivity index (χ0v) is 33.6. The lowest BCUT2D eigenvalue weighted by atomic mass is 10.00. The second-order valence-electron chi connectivity index (χ2n) is 15.0. The van der Waals surface area contributed by atoms with E-state index in [0.29, 0.717) is 19.3 Å². The smallest absolute Gasteiger partial charge is 0.249 e. The van der Waals surface area contributed by atoms with Gasteiger partial charge < -0.3 is 25.7 Å². The van der Waals surface area contributed by atoms with Gasteiger partial charge in [-0.25, -0.2) is 0 Å². The maximum Gasteiger partial charge on any atom is 0.249 e. The topological polar surface area (TPSA) is 110 Å². The van der Waals surface area contributed by atoms with Gasteiger partial charge in [0.25, 0.3) is 0 Å². The first-order chi connectivity index (χ1) is 25.0. The van der Waals surface area contributed by atoms with Crippen LogP contribution in [-0.2, 0) is 4.79 Å². The lowest BCUT2D eigenvalue weighted by Gasteiger charge is -2.27. The third kappa shape index (κ3) is 34.1. The molecule has 0 aliphatic heterocycles. The van der Waals surface area contributed by atoms with Crippen molar-refractivity contribution in [3.8, 4) is 0 Å². The van der Waals surface area contributed by atoms with Crippen LogP contribution in [0.3, 0.4) is 0 Å². The van der Waals surface area contributed by atoms with Crippen molar-refractivity contribution in [2.75, 3.05) is 6.61 Å². The molecule has 300 valence electrons. The van der Waals surface area contributed by atoms with E-state index in [1.54, 1.807) is 0 Å². The van der Waals surface area contributed by atoms with E-state index < -0.39 is 36.9 Å². The Kier molecular flexibility index (Phi) is 38.6. The number of carbonyl (C=O) groups excluding carboxylic acids is 1. The average Bonchev–Trinajstić information content (AvgIpc) is 3.13. The van der Waals surface area contributed by atoms with E-state index >= 15 is 0 Å². The first-order valence-corrected chi connectivity index (χ1v) is 21.9. The van der Waals surface area contributed by atoms with E-state index in [9.17, 15) is 25.2 Å². The normalized spacial score (nSPS) is 14.5. The van der Waals surface area contributed by atoms with E-state index in [-0.39, 0.29) is 0 Å². The van der Waals surface area contributed by atoms with Crippen LogP contribution in [0.4, 0.5) is 0 Å². The first-order valence-electron chi connectivity index (χ1n) is 21.9. The van der Waals surface area contributed by atoms with Gasteiger partial charge in [0.05, 0.1) is 18.8 Å². The number of aliphatic hydroxyl groups is 4. The highest BCUT2D eigenvalue weighted by atomic mass is 16.3. The first kappa shape index (κ1) is 49.5. The molecule has 0 fully saturated rings. The van der Waals surface area contributed by atoms with Crippen LogP contribution in [0.1, 0.15) is 213 Å². The quantitative estimate of drug-likeness (QED) is 0.0321. The molecule has 6 heteroatoms. The molecule has 0 radical (unpaired) electrons. The average molecular weight is 720 g/mol. The molecule has 0 heterocycles. The summed E-state index contributed by atoms with van der Waals surface area (Å²) >= 11 is 0. The van der Waals surface area contributed by atoms with Crippen LogP contribution in [0.25, 0.3) is 0 Å². The highest BCUT2D eigenvalue weighted by molar-refractivity contribution is 5.80. The number of hydrogen-bond donors (Lipinski definition) is 5. The summed E-state index contributed by atoms with van der Waals surface area (Å²) in [7, 11) is 0. The predicted molar refractivity (Wildman–Crippen MR) is 219 cm³/mol. The summed E-state index contributed by atoms with van der Waals surface area (Å²) < 4.78 is 0. The van der Waals surface area contributed by atoms with Crippen molar-refractivity contribution < 1.29 is 25.2 Å². The molecule has 0 saturated heterocycles. The molecule has 51 heavy (non-hydrogen) atoms. The van der Waals surface area contributed by atoms with E-state index in [1.807, 2.05) is 0 Å². The van der Waals surface area contributed by atoms with Crippen molar-refractivity contribution in [1.82, 2.24) is 5.32 Å². The van der Waals surface area contributed by atoms with Crippen LogP contribution in [0.15, 0.2) is 36.5 Å². The van der Waals surface area contributed by atoms with Gasteiger partial charge >= 0.3 is 0 Å². The Labute approximate surface area is 316 Å². The number of aliphatic hydroxyl groups excluding tert-OH is 4. The highest BCUT2D eigenvalue weighted by Crippen LogP contribution is 2.15. The molecule has 0 aliphatic carbocycles. The maximum absolute atomic E-state index is 12.5. The lowest BCUT2D eigenvalue weighted by molar-refractivity contribution is -0.132. The SMILES string of the molecule is CCCCCC/C=C/CCCC(O)C(O)C(CO)NC(=O)C(O)CCCCCCCCCCCC/C=C\C/C=C\CCCCCCCCCCC. The maximum atomic E-state index is 12.5. The van der Waals surface area contributed by atoms with Crippen molar-refractivity contribution in [1.29, 1.82) is 0 Å². The van der Waals surface area contributed by atoms with Crippen LogP contribution < -0.4 is 5.32 Å². The Morgan fingerprint density at radius 2 is 0.863 bits per heavy atom. The molecule has 0 spiro atoms. The molecule has 0 rings (SSSR count). The van der Waals surface area contributed by atoms with Crippen LogP contribution in [0.5, 0.6) is 0 Å². The van der Waals surface area contributed by atoms with Gasteiger partial charge in [0, 0.05) is 0 Å². The summed E-state index contributed by atoms with van der Waals surface area (Å²) in [5.41, 5.74) is 0. The van der Waals surface area contributed by atoms with Crippen molar-refractivity contribution >= 4 is 5.91 Å². The molecule has 4 atom stereocenters. The monoisotopic (exact) mass is 720 g/mol. The standard InChI is InChI=1S/C45H85NO5/c1-3-5-7-9-11-13-14-15-16-17-18-19-20-21-22-23-24-25-26-27-28-29-31-33-35-37-39-43(49)45(51)46-41(40-47)44(50)42(48)38-36-34-32-30-12-10-8-6-4-2/h18-19,21-22,30,32,41-44,47-50H,3-17,20,23-29,31,33-40H2,1-2H3,(H,46,51)/b19-18-,22-21-,32-30+. The summed E-state index contributed by atoms with van der Waals surface area (Å²) in [5.74, 6) is -0.599. The Bertz CT molecular complexity index is 812. The molecular formula is C45H85NO5. The largest absolute Gasteiger partial charge is 0.394 e. The zero-order valence-electron chi connectivity index (χ0n) is 33.6. The van der Waals surface area contributed by atoms with Gasteiger partial charge in [0.2, 0.25) is 5.91 Å². The molecule has 4 unspecified atom stereocenters. The number of carbonyl (C=O) groups is 1. The molecule has 1 amide bonds. The molecule has 0 aromatic heterocycles. The Balaban J connectivity index is 3.68. The lowest BCUT2D eigenvalue weighted by Crippen LogP contribution is -2.53. The zero-order chi connectivity index (χ0) is 37.5. The number of hydrogen-bond acceptors (Lipinski definition) is 5. The minimum atomic E-state index is -1.28. The third-order valence-corrected chi connectivity index (χ3v) is 10.1. The Morgan fingerprint density at radius 3 is 1.31 bits per heavy atom. The van der Waals surface area contributed by atoms with Crippen molar-refractivity contribution in [3.05, 3.63) is 36.5 Å². The summed E-state index contributed by atoms with van der Waals surface area (Å²) in [4.78, 5) is 12.5. The minimum Gasteiger partial charge on any atom is -0.394 e. The van der Waals surface area contributed by atoms with E-state index in [2.05, 4.69) is 55.6 Å². The molecule has 6 nitrogen and oxygen atoms in total. The van der Waals surface area contributed by atoms with Gasteiger partial charge in [0.1, 0.15) is 12.2 Å². The molecule has 0 aliphatic rings. The number of rotatable bonds is 39.